The maximum Gasteiger partial charge on any atom is 0.319 e. The number of rotatable bonds is 5. The van der Waals surface area contributed by atoms with Gasteiger partial charge in [0.2, 0.25) is 0 Å². The fourth-order valence-corrected chi connectivity index (χ4v) is 1.70. The van der Waals surface area contributed by atoms with Crippen LogP contribution in [0.4, 0.5) is 10.5 Å². The van der Waals surface area contributed by atoms with Gasteiger partial charge in [0.25, 0.3) is 0 Å². The zero-order valence-electron chi connectivity index (χ0n) is 11.5. The number of amides is 2. The van der Waals surface area contributed by atoms with Crippen molar-refractivity contribution in [1.82, 2.24) is 15.8 Å². The minimum Gasteiger partial charge on any atom is -0.360 e. The molecule has 1 atom stereocenters. The number of carbonyl (C=O) groups excluding carboxylic acids is 1. The predicted molar refractivity (Wildman–Crippen MR) is 76.3 cm³/mol. The average molecular weight is 274 g/mol. The third-order valence-electron chi connectivity index (χ3n) is 3.02. The number of benzene rings is 1. The molecule has 1 heterocycles. The third kappa shape index (κ3) is 3.83. The average Bonchev–Trinajstić information content (AvgIpc) is 2.98. The van der Waals surface area contributed by atoms with Gasteiger partial charge in [-0.3, -0.25) is 0 Å². The topological polar surface area (TPSA) is 79.2 Å². The summed E-state index contributed by atoms with van der Waals surface area (Å²) in [6.45, 7) is 2.38. The van der Waals surface area contributed by atoms with Gasteiger partial charge < -0.3 is 20.5 Å². The molecule has 0 saturated carbocycles. The summed E-state index contributed by atoms with van der Waals surface area (Å²) in [6.07, 6.45) is 1.54. The van der Waals surface area contributed by atoms with E-state index in [1.807, 2.05) is 31.3 Å². The molecule has 0 saturated heterocycles. The Morgan fingerprint density at radius 1 is 1.30 bits per heavy atom. The summed E-state index contributed by atoms with van der Waals surface area (Å²) in [7, 11) is 1.91. The first-order valence-electron chi connectivity index (χ1n) is 6.40. The summed E-state index contributed by atoms with van der Waals surface area (Å²) < 4.78 is 4.89. The number of aromatic nitrogens is 1. The van der Waals surface area contributed by atoms with Gasteiger partial charge in [0.15, 0.2) is 5.76 Å². The molecule has 6 heteroatoms. The fraction of sp³-hybridized carbons (Fsp3) is 0.286. The first-order chi connectivity index (χ1) is 9.69. The Morgan fingerprint density at radius 2 is 2.05 bits per heavy atom. The van der Waals surface area contributed by atoms with Crippen LogP contribution in [0.3, 0.4) is 0 Å². The zero-order valence-corrected chi connectivity index (χ0v) is 11.5. The molecule has 2 amide bonds. The lowest BCUT2D eigenvalue weighted by atomic mass is 10.1. The smallest absolute Gasteiger partial charge is 0.319 e. The van der Waals surface area contributed by atoms with Gasteiger partial charge in [-0.15, -0.1) is 0 Å². The maximum absolute atomic E-state index is 11.7. The van der Waals surface area contributed by atoms with Crippen LogP contribution in [0.1, 0.15) is 24.3 Å². The van der Waals surface area contributed by atoms with Crippen LogP contribution in [0.15, 0.2) is 41.1 Å². The van der Waals surface area contributed by atoms with Crippen molar-refractivity contribution in [2.75, 3.05) is 12.4 Å². The summed E-state index contributed by atoms with van der Waals surface area (Å²) >= 11 is 0. The van der Waals surface area contributed by atoms with Crippen LogP contribution in [0, 0.1) is 0 Å². The first kappa shape index (κ1) is 14.1. The number of urea groups is 1. The van der Waals surface area contributed by atoms with Crippen LogP contribution in [0.25, 0.3) is 0 Å². The molecule has 3 N–H and O–H groups in total. The van der Waals surface area contributed by atoms with Gasteiger partial charge in [-0.25, -0.2) is 4.79 Å². The molecule has 20 heavy (non-hydrogen) atoms. The highest BCUT2D eigenvalue weighted by atomic mass is 16.5. The van der Waals surface area contributed by atoms with Crippen LogP contribution in [-0.4, -0.2) is 18.2 Å². The normalized spacial score (nSPS) is 11.9. The zero-order chi connectivity index (χ0) is 14.4. The number of hydrogen-bond donors (Lipinski definition) is 3. The van der Waals surface area contributed by atoms with Crippen LogP contribution in [0.5, 0.6) is 0 Å². The second-order valence-corrected chi connectivity index (χ2v) is 4.42. The van der Waals surface area contributed by atoms with E-state index in [1.54, 1.807) is 6.07 Å². The van der Waals surface area contributed by atoms with E-state index in [0.29, 0.717) is 12.3 Å². The number of nitrogens with one attached hydrogen (secondary N) is 3. The van der Waals surface area contributed by atoms with Crippen LogP contribution >= 0.6 is 0 Å². The van der Waals surface area contributed by atoms with Gasteiger partial charge >= 0.3 is 6.03 Å². The highest BCUT2D eigenvalue weighted by Crippen LogP contribution is 2.15. The largest absolute Gasteiger partial charge is 0.360 e. The Hall–Kier alpha value is -2.34. The number of hydrogen-bond acceptors (Lipinski definition) is 4. The van der Waals surface area contributed by atoms with Crippen LogP contribution in [0.2, 0.25) is 0 Å². The van der Waals surface area contributed by atoms with E-state index in [-0.39, 0.29) is 12.1 Å². The highest BCUT2D eigenvalue weighted by Gasteiger charge is 2.05. The van der Waals surface area contributed by atoms with E-state index >= 15 is 0 Å². The van der Waals surface area contributed by atoms with Crippen molar-refractivity contribution in [3.8, 4) is 0 Å². The van der Waals surface area contributed by atoms with Gasteiger partial charge in [-0.2, -0.15) is 0 Å². The second kappa shape index (κ2) is 6.72. The molecule has 0 bridgehead atoms. The quantitative estimate of drug-likeness (QED) is 0.781. The molecule has 1 aromatic carbocycles. The number of carbonyl (C=O) groups is 1. The minimum absolute atomic E-state index is 0.282. The van der Waals surface area contributed by atoms with Gasteiger partial charge in [0.05, 0.1) is 12.7 Å². The lowest BCUT2D eigenvalue weighted by Crippen LogP contribution is -2.28. The van der Waals surface area contributed by atoms with E-state index in [0.717, 1.165) is 5.69 Å². The van der Waals surface area contributed by atoms with Crippen molar-refractivity contribution in [2.45, 2.75) is 19.5 Å². The standard InChI is InChI=1S/C14H18N4O2/c1-10(15-2)11-3-5-12(6-4-11)18-14(19)16-9-13-7-8-17-20-13/h3-8,10,15H,9H2,1-2H3,(H2,16,18,19). The van der Waals surface area contributed by atoms with Crippen molar-refractivity contribution in [3.05, 3.63) is 47.9 Å². The van der Waals surface area contributed by atoms with E-state index in [1.165, 1.54) is 11.8 Å². The molecule has 6 nitrogen and oxygen atoms in total. The fourth-order valence-electron chi connectivity index (χ4n) is 1.70. The molecular formula is C14H18N4O2. The summed E-state index contributed by atoms with van der Waals surface area (Å²) in [6, 6.07) is 9.41. The van der Waals surface area contributed by atoms with Crippen molar-refractivity contribution in [2.24, 2.45) is 0 Å². The lowest BCUT2D eigenvalue weighted by Gasteiger charge is -2.11. The predicted octanol–water partition coefficient (Wildman–Crippen LogP) is 2.28. The SMILES string of the molecule is CNC(C)c1ccc(NC(=O)NCc2ccno2)cc1. The van der Waals surface area contributed by atoms with E-state index < -0.39 is 0 Å². The third-order valence-corrected chi connectivity index (χ3v) is 3.02. The highest BCUT2D eigenvalue weighted by molar-refractivity contribution is 5.89. The Kier molecular flexibility index (Phi) is 4.73. The molecule has 0 aliphatic carbocycles. The second-order valence-electron chi connectivity index (χ2n) is 4.42. The van der Waals surface area contributed by atoms with Crippen molar-refractivity contribution < 1.29 is 9.32 Å². The molecule has 0 aliphatic rings. The molecule has 2 rings (SSSR count). The van der Waals surface area contributed by atoms with Gasteiger partial charge in [0.1, 0.15) is 0 Å². The van der Waals surface area contributed by atoms with Crippen molar-refractivity contribution >= 4 is 11.7 Å². The summed E-state index contributed by atoms with van der Waals surface area (Å²) in [5, 5.41) is 12.2. The van der Waals surface area contributed by atoms with Gasteiger partial charge in [-0.1, -0.05) is 17.3 Å². The first-order valence-corrected chi connectivity index (χ1v) is 6.40. The van der Waals surface area contributed by atoms with Gasteiger partial charge in [0, 0.05) is 17.8 Å². The van der Waals surface area contributed by atoms with E-state index in [2.05, 4.69) is 28.0 Å². The molecule has 0 fully saturated rings. The van der Waals surface area contributed by atoms with E-state index in [4.69, 9.17) is 4.52 Å². The molecule has 0 aliphatic heterocycles. The molecular weight excluding hydrogens is 256 g/mol. The summed E-state index contributed by atoms with van der Waals surface area (Å²) in [4.78, 5) is 11.7. The summed E-state index contributed by atoms with van der Waals surface area (Å²) in [5.74, 6) is 0.610. The maximum atomic E-state index is 11.7. The molecule has 0 spiro atoms. The number of anilines is 1. The van der Waals surface area contributed by atoms with Crippen LogP contribution < -0.4 is 16.0 Å². The number of nitrogens with zero attached hydrogens (tertiary/aromatic N) is 1. The van der Waals surface area contributed by atoms with Crippen molar-refractivity contribution in [3.63, 3.8) is 0 Å². The van der Waals surface area contributed by atoms with Gasteiger partial charge in [-0.05, 0) is 31.7 Å². The molecule has 2 aromatic rings. The minimum atomic E-state index is -0.282. The Bertz CT molecular complexity index is 537. The van der Waals surface area contributed by atoms with E-state index in [9.17, 15) is 4.79 Å². The Balaban J connectivity index is 1.84. The molecule has 0 radical (unpaired) electrons. The Labute approximate surface area is 117 Å². The molecule has 106 valence electrons. The summed E-state index contributed by atoms with van der Waals surface area (Å²) in [5.41, 5.74) is 1.91. The van der Waals surface area contributed by atoms with Crippen LogP contribution in [-0.2, 0) is 6.54 Å². The van der Waals surface area contributed by atoms with Crippen molar-refractivity contribution in [1.29, 1.82) is 0 Å². The molecule has 1 aromatic heterocycles. The lowest BCUT2D eigenvalue weighted by molar-refractivity contribution is 0.250. The molecule has 1 unspecified atom stereocenters. The Morgan fingerprint density at radius 3 is 2.65 bits per heavy atom. The monoisotopic (exact) mass is 274 g/mol.